The van der Waals surface area contributed by atoms with Gasteiger partial charge < -0.3 is 0 Å². The molecule has 4 aromatic rings. The average molecular weight is 405 g/mol. The highest BCUT2D eigenvalue weighted by Gasteiger charge is 2.18. The number of hydrogen-bond donors (Lipinski definition) is 0. The molecule has 0 unspecified atom stereocenters. The molecule has 4 rings (SSSR count). The van der Waals surface area contributed by atoms with Crippen LogP contribution in [0.5, 0.6) is 0 Å². The van der Waals surface area contributed by atoms with E-state index in [1.54, 1.807) is 19.4 Å². The molecular formula is C21H19N5O2S. The van der Waals surface area contributed by atoms with E-state index < -0.39 is 11.2 Å². The van der Waals surface area contributed by atoms with Gasteiger partial charge in [0.05, 0.1) is 0 Å². The average Bonchev–Trinajstić information content (AvgIpc) is 2.75. The van der Waals surface area contributed by atoms with Gasteiger partial charge >= 0.3 is 5.69 Å². The predicted octanol–water partition coefficient (Wildman–Crippen LogP) is 2.69. The third-order valence-corrected chi connectivity index (χ3v) is 5.72. The van der Waals surface area contributed by atoms with Gasteiger partial charge in [-0.25, -0.2) is 14.8 Å². The number of pyridine rings is 1. The lowest BCUT2D eigenvalue weighted by molar-refractivity contribution is 0.703. The van der Waals surface area contributed by atoms with Crippen molar-refractivity contribution in [1.29, 1.82) is 0 Å². The zero-order chi connectivity index (χ0) is 20.5. The lowest BCUT2D eigenvalue weighted by Gasteiger charge is -2.12. The summed E-state index contributed by atoms with van der Waals surface area (Å²) in [5.41, 5.74) is 2.49. The zero-order valence-electron chi connectivity index (χ0n) is 16.3. The van der Waals surface area contributed by atoms with E-state index in [1.807, 2.05) is 43.3 Å². The van der Waals surface area contributed by atoms with Crippen LogP contribution in [0.25, 0.3) is 22.4 Å². The Bertz CT molecular complexity index is 1310. The summed E-state index contributed by atoms with van der Waals surface area (Å²) in [5, 5.41) is 0.894. The number of aromatic nitrogens is 5. The smallest absolute Gasteiger partial charge is 0.280 e. The number of benzene rings is 1. The molecule has 0 spiro atoms. The standard InChI is InChI=1S/C21H19N5O2S/c1-13-6-8-15(9-7-13)17-23-18-16(20(27)26(3)21(28)25(18)2)19(24-17)29-12-14-5-4-10-22-11-14/h4-11H,12H2,1-3H3. The molecule has 8 heteroatoms. The van der Waals surface area contributed by atoms with Crippen LogP contribution in [0.2, 0.25) is 0 Å². The van der Waals surface area contributed by atoms with Crippen LogP contribution in [0.1, 0.15) is 11.1 Å². The van der Waals surface area contributed by atoms with Gasteiger partial charge in [-0.2, -0.15) is 0 Å². The van der Waals surface area contributed by atoms with E-state index in [2.05, 4.69) is 9.97 Å². The van der Waals surface area contributed by atoms with Gasteiger partial charge in [-0.3, -0.25) is 18.9 Å². The Morgan fingerprint density at radius 1 is 1.00 bits per heavy atom. The van der Waals surface area contributed by atoms with E-state index in [0.29, 0.717) is 27.6 Å². The predicted molar refractivity (Wildman–Crippen MR) is 114 cm³/mol. The zero-order valence-corrected chi connectivity index (χ0v) is 17.1. The van der Waals surface area contributed by atoms with Crippen molar-refractivity contribution in [2.24, 2.45) is 14.1 Å². The second-order valence-electron chi connectivity index (χ2n) is 6.77. The molecule has 0 aliphatic heterocycles. The molecule has 146 valence electrons. The maximum absolute atomic E-state index is 12.9. The summed E-state index contributed by atoms with van der Waals surface area (Å²) in [6.45, 7) is 2.01. The van der Waals surface area contributed by atoms with Crippen molar-refractivity contribution in [1.82, 2.24) is 24.1 Å². The van der Waals surface area contributed by atoms with Crippen molar-refractivity contribution in [3.8, 4) is 11.4 Å². The van der Waals surface area contributed by atoms with Crippen LogP contribution in [0.15, 0.2) is 63.4 Å². The first kappa shape index (κ1) is 19.1. The highest BCUT2D eigenvalue weighted by molar-refractivity contribution is 7.98. The molecule has 0 N–H and O–H groups in total. The summed E-state index contributed by atoms with van der Waals surface area (Å²) < 4.78 is 2.48. The SMILES string of the molecule is Cc1ccc(-c2nc(SCc3cccnc3)c3c(=O)n(C)c(=O)n(C)c3n2)cc1. The fourth-order valence-electron chi connectivity index (χ4n) is 3.00. The van der Waals surface area contributed by atoms with Gasteiger partial charge in [0.2, 0.25) is 0 Å². The summed E-state index contributed by atoms with van der Waals surface area (Å²) in [6, 6.07) is 11.7. The van der Waals surface area contributed by atoms with Gasteiger partial charge in [0.1, 0.15) is 10.4 Å². The van der Waals surface area contributed by atoms with Crippen molar-refractivity contribution < 1.29 is 0 Å². The molecule has 0 saturated heterocycles. The van der Waals surface area contributed by atoms with Crippen molar-refractivity contribution in [2.75, 3.05) is 0 Å². The molecule has 0 saturated carbocycles. The van der Waals surface area contributed by atoms with Gasteiger partial charge in [-0.05, 0) is 18.6 Å². The number of fused-ring (bicyclic) bond motifs is 1. The van der Waals surface area contributed by atoms with Gasteiger partial charge in [-0.15, -0.1) is 11.8 Å². The third kappa shape index (κ3) is 3.58. The molecular weight excluding hydrogens is 386 g/mol. The molecule has 0 amide bonds. The quantitative estimate of drug-likeness (QED) is 0.383. The number of thioether (sulfide) groups is 1. The van der Waals surface area contributed by atoms with E-state index in [0.717, 1.165) is 21.3 Å². The van der Waals surface area contributed by atoms with Crippen LogP contribution in [0.3, 0.4) is 0 Å². The lowest BCUT2D eigenvalue weighted by Crippen LogP contribution is -2.37. The maximum atomic E-state index is 12.9. The Labute approximate surface area is 171 Å². The van der Waals surface area contributed by atoms with Gasteiger partial charge in [0, 0.05) is 37.8 Å². The number of rotatable bonds is 4. The highest BCUT2D eigenvalue weighted by atomic mass is 32.2. The minimum atomic E-state index is -0.417. The van der Waals surface area contributed by atoms with E-state index in [1.165, 1.54) is 23.4 Å². The molecule has 7 nitrogen and oxygen atoms in total. The van der Waals surface area contributed by atoms with Gasteiger partial charge in [0.25, 0.3) is 5.56 Å². The topological polar surface area (TPSA) is 82.7 Å². The van der Waals surface area contributed by atoms with Crippen LogP contribution in [-0.2, 0) is 19.8 Å². The van der Waals surface area contributed by atoms with Crippen molar-refractivity contribution in [3.63, 3.8) is 0 Å². The Kier molecular flexibility index (Phi) is 5.02. The molecule has 0 bridgehead atoms. The Morgan fingerprint density at radius 2 is 1.76 bits per heavy atom. The summed E-state index contributed by atoms with van der Waals surface area (Å²) in [4.78, 5) is 38.7. The largest absolute Gasteiger partial charge is 0.332 e. The normalized spacial score (nSPS) is 11.1. The summed E-state index contributed by atoms with van der Waals surface area (Å²) >= 11 is 1.43. The summed E-state index contributed by atoms with van der Waals surface area (Å²) in [6.07, 6.45) is 3.50. The highest BCUT2D eigenvalue weighted by Crippen LogP contribution is 2.28. The minimum absolute atomic E-state index is 0.331. The number of aryl methyl sites for hydroxylation is 2. The molecule has 0 aliphatic rings. The first-order valence-corrected chi connectivity index (χ1v) is 10.0. The Morgan fingerprint density at radius 3 is 2.45 bits per heavy atom. The van der Waals surface area contributed by atoms with Crippen molar-refractivity contribution >= 4 is 22.8 Å². The first-order valence-electron chi connectivity index (χ1n) is 9.02. The molecule has 0 aliphatic carbocycles. The van der Waals surface area contributed by atoms with Crippen LogP contribution in [-0.4, -0.2) is 24.1 Å². The molecule has 0 radical (unpaired) electrons. The van der Waals surface area contributed by atoms with Crippen LogP contribution >= 0.6 is 11.8 Å². The molecule has 1 aromatic carbocycles. The van der Waals surface area contributed by atoms with E-state index in [9.17, 15) is 9.59 Å². The van der Waals surface area contributed by atoms with E-state index in [-0.39, 0.29) is 0 Å². The van der Waals surface area contributed by atoms with Crippen LogP contribution in [0, 0.1) is 6.92 Å². The lowest BCUT2D eigenvalue weighted by atomic mass is 10.1. The fourth-order valence-corrected chi connectivity index (χ4v) is 3.95. The van der Waals surface area contributed by atoms with E-state index in [4.69, 9.17) is 4.98 Å². The second kappa shape index (κ2) is 7.63. The second-order valence-corrected chi connectivity index (χ2v) is 7.74. The van der Waals surface area contributed by atoms with Crippen LogP contribution in [0.4, 0.5) is 0 Å². The molecule has 0 fully saturated rings. The third-order valence-electron chi connectivity index (χ3n) is 4.67. The first-order chi connectivity index (χ1) is 14.0. The number of hydrogen-bond acceptors (Lipinski definition) is 6. The minimum Gasteiger partial charge on any atom is -0.280 e. The number of nitrogens with zero attached hydrogens (tertiary/aromatic N) is 5. The summed E-state index contributed by atoms with van der Waals surface area (Å²) in [7, 11) is 3.08. The van der Waals surface area contributed by atoms with E-state index >= 15 is 0 Å². The molecule has 29 heavy (non-hydrogen) atoms. The van der Waals surface area contributed by atoms with Gasteiger partial charge in [-0.1, -0.05) is 35.9 Å². The van der Waals surface area contributed by atoms with Crippen molar-refractivity contribution in [2.45, 2.75) is 17.7 Å². The Balaban J connectivity index is 1.94. The summed E-state index contributed by atoms with van der Waals surface area (Å²) in [5.74, 6) is 1.08. The van der Waals surface area contributed by atoms with Gasteiger partial charge in [0.15, 0.2) is 11.5 Å². The van der Waals surface area contributed by atoms with Crippen LogP contribution < -0.4 is 11.2 Å². The molecule has 0 atom stereocenters. The molecule has 3 aromatic heterocycles. The maximum Gasteiger partial charge on any atom is 0.332 e. The molecule has 3 heterocycles. The fraction of sp³-hybridized carbons (Fsp3) is 0.190. The Hall–Kier alpha value is -3.26. The monoisotopic (exact) mass is 405 g/mol. The van der Waals surface area contributed by atoms with Crippen molar-refractivity contribution in [3.05, 3.63) is 80.8 Å².